The first kappa shape index (κ1) is 29.4. The van der Waals surface area contributed by atoms with Crippen molar-refractivity contribution in [2.45, 2.75) is 31.9 Å². The van der Waals surface area contributed by atoms with Gasteiger partial charge in [0.15, 0.2) is 24.8 Å². The molecule has 2 rings (SSSR count). The van der Waals surface area contributed by atoms with Crippen molar-refractivity contribution in [1.29, 1.82) is 0 Å². The Morgan fingerprint density at radius 2 is 1.62 bits per heavy atom. The van der Waals surface area contributed by atoms with E-state index in [1.807, 2.05) is 0 Å². The van der Waals surface area contributed by atoms with Crippen LogP contribution in [-0.2, 0) is 9.59 Å². The number of ether oxygens (including phenoxy) is 3. The van der Waals surface area contributed by atoms with Gasteiger partial charge < -0.3 is 30.0 Å². The van der Waals surface area contributed by atoms with Gasteiger partial charge in [-0.25, -0.2) is 8.78 Å². The first-order valence-corrected chi connectivity index (χ1v) is 10.8. The molecule has 0 spiro atoms. The molecule has 0 bridgehead atoms. The molecule has 0 saturated carbocycles. The number of hydrogen-bond acceptors (Lipinski definition) is 6. The molecule has 2 amide bonds. The molecule has 0 radical (unpaired) electrons. The van der Waals surface area contributed by atoms with Crippen LogP contribution in [0.15, 0.2) is 49.1 Å². The van der Waals surface area contributed by atoms with Crippen molar-refractivity contribution in [3.05, 3.63) is 66.3 Å². The molecular formula is C24H25F5N2O6. The highest BCUT2D eigenvalue weighted by Crippen LogP contribution is 2.28. The molecule has 1 unspecified atom stereocenters. The molecular weight excluding hydrogens is 507 g/mol. The predicted octanol–water partition coefficient (Wildman–Crippen LogP) is 3.17. The van der Waals surface area contributed by atoms with Crippen LogP contribution in [0.4, 0.5) is 22.0 Å². The molecule has 0 fully saturated rings. The molecule has 0 aliphatic carbocycles. The number of hydrogen-bond donors (Lipinski definition) is 3. The van der Waals surface area contributed by atoms with Gasteiger partial charge in [0.05, 0.1) is 6.10 Å². The summed E-state index contributed by atoms with van der Waals surface area (Å²) in [4.78, 5) is 24.0. The number of halogens is 5. The fourth-order valence-electron chi connectivity index (χ4n) is 2.86. The standard InChI is InChI=1S/C24H25F5N2O6/c1-3-15(31-23(34)13-36-17-5-4-14(2)19(25)9-17)8-16(32)11-30-22(33)12-35-18-6-7-21(20(26)10-18)37-24(27,28)29/h3-7,9-10,15-16,32H,1,8,11-13H2,2H3,(H,30,33)(H,31,34)/t15?,16-/m0/s1. The number of benzene rings is 2. The maximum absolute atomic E-state index is 13.7. The van der Waals surface area contributed by atoms with E-state index in [-0.39, 0.29) is 24.5 Å². The minimum atomic E-state index is -5.06. The Labute approximate surface area is 209 Å². The molecule has 3 N–H and O–H groups in total. The van der Waals surface area contributed by atoms with Crippen LogP contribution in [0.5, 0.6) is 17.2 Å². The third-order valence-electron chi connectivity index (χ3n) is 4.70. The molecule has 13 heteroatoms. The van der Waals surface area contributed by atoms with Crippen LogP contribution in [0, 0.1) is 18.6 Å². The summed E-state index contributed by atoms with van der Waals surface area (Å²) in [5.74, 6) is -4.15. The topological polar surface area (TPSA) is 106 Å². The number of carbonyl (C=O) groups excluding carboxylic acids is 2. The lowest BCUT2D eigenvalue weighted by atomic mass is 10.1. The van der Waals surface area contributed by atoms with Gasteiger partial charge >= 0.3 is 6.36 Å². The number of alkyl halides is 3. The van der Waals surface area contributed by atoms with E-state index in [9.17, 15) is 36.6 Å². The number of aliphatic hydroxyl groups is 1. The summed E-state index contributed by atoms with van der Waals surface area (Å²) in [7, 11) is 0. The van der Waals surface area contributed by atoms with Crippen LogP contribution in [0.2, 0.25) is 0 Å². The highest BCUT2D eigenvalue weighted by Gasteiger charge is 2.32. The van der Waals surface area contributed by atoms with Crippen molar-refractivity contribution in [3.8, 4) is 17.2 Å². The number of aliphatic hydroxyl groups excluding tert-OH is 1. The molecule has 37 heavy (non-hydrogen) atoms. The molecule has 2 aromatic rings. The summed E-state index contributed by atoms with van der Waals surface area (Å²) in [6.45, 7) is 3.92. The normalized spacial score (nSPS) is 12.7. The largest absolute Gasteiger partial charge is 0.573 e. The zero-order valence-corrected chi connectivity index (χ0v) is 19.6. The van der Waals surface area contributed by atoms with Gasteiger partial charge in [-0.15, -0.1) is 19.8 Å². The van der Waals surface area contributed by atoms with Gasteiger partial charge in [0.25, 0.3) is 11.8 Å². The lowest BCUT2D eigenvalue weighted by Crippen LogP contribution is -2.42. The van der Waals surface area contributed by atoms with Gasteiger partial charge in [-0.3, -0.25) is 9.59 Å². The van der Waals surface area contributed by atoms with E-state index in [0.717, 1.165) is 12.1 Å². The van der Waals surface area contributed by atoms with E-state index in [1.165, 1.54) is 18.2 Å². The van der Waals surface area contributed by atoms with Crippen LogP contribution in [0.1, 0.15) is 12.0 Å². The maximum Gasteiger partial charge on any atom is 0.573 e. The van der Waals surface area contributed by atoms with E-state index in [4.69, 9.17) is 9.47 Å². The predicted molar refractivity (Wildman–Crippen MR) is 121 cm³/mol. The third kappa shape index (κ3) is 10.7. The van der Waals surface area contributed by atoms with E-state index in [0.29, 0.717) is 17.7 Å². The van der Waals surface area contributed by atoms with Crippen LogP contribution in [-0.4, -0.2) is 55.2 Å². The van der Waals surface area contributed by atoms with Gasteiger partial charge in [-0.05, 0) is 37.1 Å². The summed E-state index contributed by atoms with van der Waals surface area (Å²) < 4.78 is 77.5. The van der Waals surface area contributed by atoms with Gasteiger partial charge in [0.2, 0.25) is 0 Å². The Morgan fingerprint density at radius 1 is 1.03 bits per heavy atom. The van der Waals surface area contributed by atoms with Crippen LogP contribution in [0.3, 0.4) is 0 Å². The van der Waals surface area contributed by atoms with Crippen molar-refractivity contribution in [2.75, 3.05) is 19.8 Å². The lowest BCUT2D eigenvalue weighted by molar-refractivity contribution is -0.275. The molecule has 0 aromatic heterocycles. The summed E-state index contributed by atoms with van der Waals surface area (Å²) >= 11 is 0. The minimum absolute atomic E-state index is 0.0125. The smallest absolute Gasteiger partial charge is 0.484 e. The van der Waals surface area contributed by atoms with Gasteiger partial charge in [-0.1, -0.05) is 12.1 Å². The molecule has 0 heterocycles. The zero-order chi connectivity index (χ0) is 27.6. The monoisotopic (exact) mass is 532 g/mol. The molecule has 202 valence electrons. The maximum atomic E-state index is 13.7. The second-order valence-corrected chi connectivity index (χ2v) is 7.73. The average molecular weight is 532 g/mol. The van der Waals surface area contributed by atoms with Gasteiger partial charge in [0.1, 0.15) is 17.3 Å². The Morgan fingerprint density at radius 3 is 2.19 bits per heavy atom. The van der Waals surface area contributed by atoms with Crippen molar-refractivity contribution in [1.82, 2.24) is 10.6 Å². The third-order valence-corrected chi connectivity index (χ3v) is 4.70. The Bertz CT molecular complexity index is 1100. The fourth-order valence-corrected chi connectivity index (χ4v) is 2.86. The van der Waals surface area contributed by atoms with E-state index >= 15 is 0 Å². The zero-order valence-electron chi connectivity index (χ0n) is 19.6. The first-order chi connectivity index (χ1) is 17.4. The van der Waals surface area contributed by atoms with Gasteiger partial charge in [-0.2, -0.15) is 0 Å². The summed E-state index contributed by atoms with van der Waals surface area (Å²) in [5, 5.41) is 15.1. The van der Waals surface area contributed by atoms with Crippen molar-refractivity contribution < 1.29 is 50.9 Å². The second-order valence-electron chi connectivity index (χ2n) is 7.73. The highest BCUT2D eigenvalue weighted by atomic mass is 19.4. The summed E-state index contributed by atoms with van der Waals surface area (Å²) in [6, 6.07) is 5.81. The molecule has 8 nitrogen and oxygen atoms in total. The molecule has 0 aliphatic heterocycles. The number of aryl methyl sites for hydroxylation is 1. The Balaban J connectivity index is 1.71. The SMILES string of the molecule is C=CC(C[C@H](O)CNC(=O)COc1ccc(OC(F)(F)F)c(F)c1)NC(=O)COc1ccc(C)c(F)c1. The summed E-state index contributed by atoms with van der Waals surface area (Å²) in [5.41, 5.74) is 0.429. The fraction of sp³-hybridized carbons (Fsp3) is 0.333. The van der Waals surface area contributed by atoms with Crippen molar-refractivity contribution in [2.24, 2.45) is 0 Å². The molecule has 2 aromatic carbocycles. The van der Waals surface area contributed by atoms with Crippen LogP contribution >= 0.6 is 0 Å². The molecule has 0 aliphatic rings. The van der Waals surface area contributed by atoms with E-state index < -0.39 is 60.9 Å². The number of amides is 2. The second kappa shape index (κ2) is 13.4. The number of rotatable bonds is 13. The minimum Gasteiger partial charge on any atom is -0.484 e. The summed E-state index contributed by atoms with van der Waals surface area (Å²) in [6.07, 6.45) is -4.80. The Hall–Kier alpha value is -3.87. The van der Waals surface area contributed by atoms with Crippen LogP contribution < -0.4 is 24.8 Å². The number of carbonyl (C=O) groups is 2. The highest BCUT2D eigenvalue weighted by molar-refractivity contribution is 5.78. The Kier molecular flexibility index (Phi) is 10.7. The quantitative estimate of drug-likeness (QED) is 0.270. The van der Waals surface area contributed by atoms with Crippen molar-refractivity contribution >= 4 is 11.8 Å². The first-order valence-electron chi connectivity index (χ1n) is 10.8. The van der Waals surface area contributed by atoms with Crippen molar-refractivity contribution in [3.63, 3.8) is 0 Å². The van der Waals surface area contributed by atoms with E-state index in [1.54, 1.807) is 6.92 Å². The van der Waals surface area contributed by atoms with Crippen LogP contribution in [0.25, 0.3) is 0 Å². The number of nitrogens with one attached hydrogen (secondary N) is 2. The van der Waals surface area contributed by atoms with E-state index in [2.05, 4.69) is 21.9 Å². The molecule has 0 saturated heterocycles. The van der Waals surface area contributed by atoms with Gasteiger partial charge in [0, 0.05) is 24.7 Å². The lowest BCUT2D eigenvalue weighted by Gasteiger charge is -2.19. The molecule has 2 atom stereocenters. The average Bonchev–Trinajstić information content (AvgIpc) is 2.82.